The van der Waals surface area contributed by atoms with Gasteiger partial charge in [-0.3, -0.25) is 9.59 Å². The zero-order chi connectivity index (χ0) is 15.5. The molecule has 3 fully saturated rings. The molecule has 0 aromatic heterocycles. The first kappa shape index (κ1) is 15.7. The van der Waals surface area contributed by atoms with Crippen molar-refractivity contribution in [3.05, 3.63) is 0 Å². The van der Waals surface area contributed by atoms with Crippen molar-refractivity contribution in [3.8, 4) is 0 Å². The Balaban J connectivity index is 1.43. The Morgan fingerprint density at radius 3 is 2.41 bits per heavy atom. The normalized spacial score (nSPS) is 32.1. The van der Waals surface area contributed by atoms with E-state index in [4.69, 9.17) is 4.74 Å². The summed E-state index contributed by atoms with van der Waals surface area (Å²) < 4.78 is 5.83. The SMILES string of the molecule is O=C(C[C@H]1CC[C@H](NC(=O)C2CC2)[C@@H](CO)O1)NC1CCC1. The maximum atomic E-state index is 11.9. The number of rotatable bonds is 6. The summed E-state index contributed by atoms with van der Waals surface area (Å²) >= 11 is 0. The van der Waals surface area contributed by atoms with E-state index in [1.54, 1.807) is 0 Å². The molecule has 6 nitrogen and oxygen atoms in total. The van der Waals surface area contributed by atoms with Crippen LogP contribution in [-0.2, 0) is 14.3 Å². The first-order valence-corrected chi connectivity index (χ1v) is 8.51. The van der Waals surface area contributed by atoms with Gasteiger partial charge in [-0.05, 0) is 44.9 Å². The highest BCUT2D eigenvalue weighted by Crippen LogP contribution is 2.30. The zero-order valence-corrected chi connectivity index (χ0v) is 12.9. The summed E-state index contributed by atoms with van der Waals surface area (Å²) in [6, 6.07) is 0.208. The molecule has 0 bridgehead atoms. The molecule has 0 spiro atoms. The summed E-state index contributed by atoms with van der Waals surface area (Å²) in [5.41, 5.74) is 0. The lowest BCUT2D eigenvalue weighted by molar-refractivity contribution is -0.137. The number of carbonyl (C=O) groups is 2. The van der Waals surface area contributed by atoms with E-state index in [-0.39, 0.29) is 36.5 Å². The number of hydrogen-bond donors (Lipinski definition) is 3. The molecule has 0 radical (unpaired) electrons. The number of carbonyl (C=O) groups excluding carboxylic acids is 2. The highest BCUT2D eigenvalue weighted by molar-refractivity contribution is 5.81. The van der Waals surface area contributed by atoms with Crippen LogP contribution in [0.15, 0.2) is 0 Å². The molecule has 124 valence electrons. The van der Waals surface area contributed by atoms with Crippen LogP contribution in [0.1, 0.15) is 51.4 Å². The van der Waals surface area contributed by atoms with Crippen LogP contribution in [0.4, 0.5) is 0 Å². The molecule has 2 amide bonds. The van der Waals surface area contributed by atoms with Crippen LogP contribution >= 0.6 is 0 Å². The van der Waals surface area contributed by atoms with Crippen molar-refractivity contribution in [1.29, 1.82) is 0 Å². The molecule has 3 N–H and O–H groups in total. The van der Waals surface area contributed by atoms with Crippen molar-refractivity contribution in [1.82, 2.24) is 10.6 Å². The second-order valence-corrected chi connectivity index (χ2v) is 6.85. The number of nitrogens with one attached hydrogen (secondary N) is 2. The highest BCUT2D eigenvalue weighted by Gasteiger charge is 2.36. The quantitative estimate of drug-likeness (QED) is 0.666. The van der Waals surface area contributed by atoms with Gasteiger partial charge in [0.15, 0.2) is 0 Å². The third kappa shape index (κ3) is 3.98. The van der Waals surface area contributed by atoms with E-state index < -0.39 is 6.10 Å². The van der Waals surface area contributed by atoms with E-state index in [9.17, 15) is 14.7 Å². The smallest absolute Gasteiger partial charge is 0.223 e. The highest BCUT2D eigenvalue weighted by atomic mass is 16.5. The summed E-state index contributed by atoms with van der Waals surface area (Å²) in [5, 5.41) is 15.5. The molecule has 22 heavy (non-hydrogen) atoms. The molecule has 0 aromatic rings. The topological polar surface area (TPSA) is 87.7 Å². The van der Waals surface area contributed by atoms with Gasteiger partial charge in [0.1, 0.15) is 6.10 Å². The van der Waals surface area contributed by atoms with Gasteiger partial charge in [0.05, 0.1) is 25.2 Å². The predicted molar refractivity (Wildman–Crippen MR) is 80.0 cm³/mol. The lowest BCUT2D eigenvalue weighted by Crippen LogP contribution is -2.52. The molecule has 0 unspecified atom stereocenters. The third-order valence-corrected chi connectivity index (χ3v) is 4.95. The number of amides is 2. The summed E-state index contributed by atoms with van der Waals surface area (Å²) in [6.45, 7) is -0.129. The number of aliphatic hydroxyl groups excluding tert-OH is 1. The van der Waals surface area contributed by atoms with Crippen molar-refractivity contribution in [2.45, 2.75) is 75.7 Å². The first-order valence-electron chi connectivity index (χ1n) is 8.51. The van der Waals surface area contributed by atoms with E-state index in [0.29, 0.717) is 12.5 Å². The molecule has 6 heteroatoms. The van der Waals surface area contributed by atoms with Gasteiger partial charge in [-0.25, -0.2) is 0 Å². The third-order valence-electron chi connectivity index (χ3n) is 4.95. The minimum atomic E-state index is -0.405. The van der Waals surface area contributed by atoms with Crippen LogP contribution in [0, 0.1) is 5.92 Å². The molecule has 3 rings (SSSR count). The fourth-order valence-corrected chi connectivity index (χ4v) is 3.14. The monoisotopic (exact) mass is 310 g/mol. The van der Waals surface area contributed by atoms with E-state index in [0.717, 1.165) is 38.5 Å². The Morgan fingerprint density at radius 1 is 1.05 bits per heavy atom. The van der Waals surface area contributed by atoms with Crippen LogP contribution in [0.2, 0.25) is 0 Å². The number of hydrogen-bond acceptors (Lipinski definition) is 4. The molecular formula is C16H26N2O4. The summed E-state index contributed by atoms with van der Waals surface area (Å²) in [6.07, 6.45) is 6.55. The molecule has 0 aromatic carbocycles. The maximum absolute atomic E-state index is 11.9. The molecule has 2 aliphatic carbocycles. The molecule has 2 saturated carbocycles. The minimum absolute atomic E-state index is 0.0341. The standard InChI is InChI=1S/C16H26N2O4/c19-9-14-13(18-16(21)10-4-5-10)7-6-12(22-14)8-15(20)17-11-2-1-3-11/h10-14,19H,1-9H2,(H,17,20)(H,18,21)/t12-,13+,14-/m1/s1. The van der Waals surface area contributed by atoms with Crippen LogP contribution in [0.5, 0.6) is 0 Å². The Labute approximate surface area is 131 Å². The summed E-state index contributed by atoms with van der Waals surface area (Å²) in [5.74, 6) is 0.269. The largest absolute Gasteiger partial charge is 0.394 e. The zero-order valence-electron chi connectivity index (χ0n) is 12.9. The lowest BCUT2D eigenvalue weighted by atomic mass is 9.92. The molecule has 1 heterocycles. The van der Waals surface area contributed by atoms with E-state index in [1.807, 2.05) is 0 Å². The van der Waals surface area contributed by atoms with Gasteiger partial charge in [0.2, 0.25) is 11.8 Å². The van der Waals surface area contributed by atoms with Gasteiger partial charge in [-0.2, -0.15) is 0 Å². The average Bonchev–Trinajstić information content (AvgIpc) is 3.29. The Hall–Kier alpha value is -1.14. The molecule has 3 aliphatic rings. The van der Waals surface area contributed by atoms with Gasteiger partial charge in [-0.1, -0.05) is 0 Å². The maximum Gasteiger partial charge on any atom is 0.223 e. The molecule has 3 atom stereocenters. The Morgan fingerprint density at radius 2 is 1.82 bits per heavy atom. The Bertz CT molecular complexity index is 420. The van der Waals surface area contributed by atoms with Gasteiger partial charge in [-0.15, -0.1) is 0 Å². The molecule has 1 saturated heterocycles. The summed E-state index contributed by atoms with van der Waals surface area (Å²) in [7, 11) is 0. The van der Waals surface area contributed by atoms with E-state index in [2.05, 4.69) is 10.6 Å². The van der Waals surface area contributed by atoms with Crippen molar-refractivity contribution in [3.63, 3.8) is 0 Å². The van der Waals surface area contributed by atoms with Crippen LogP contribution in [0.25, 0.3) is 0 Å². The molecule has 1 aliphatic heterocycles. The van der Waals surface area contributed by atoms with Crippen molar-refractivity contribution < 1.29 is 19.4 Å². The van der Waals surface area contributed by atoms with Crippen LogP contribution in [-0.4, -0.2) is 47.8 Å². The predicted octanol–water partition coefficient (Wildman–Crippen LogP) is 0.480. The average molecular weight is 310 g/mol. The van der Waals surface area contributed by atoms with Crippen molar-refractivity contribution in [2.24, 2.45) is 5.92 Å². The van der Waals surface area contributed by atoms with Gasteiger partial charge in [0.25, 0.3) is 0 Å². The Kier molecular flexibility index (Phi) is 4.98. The lowest BCUT2D eigenvalue weighted by Gasteiger charge is -2.36. The number of aliphatic hydroxyl groups is 1. The minimum Gasteiger partial charge on any atom is -0.394 e. The van der Waals surface area contributed by atoms with Gasteiger partial charge < -0.3 is 20.5 Å². The van der Waals surface area contributed by atoms with Crippen LogP contribution in [0.3, 0.4) is 0 Å². The second-order valence-electron chi connectivity index (χ2n) is 6.85. The van der Waals surface area contributed by atoms with Crippen LogP contribution < -0.4 is 10.6 Å². The van der Waals surface area contributed by atoms with Gasteiger partial charge in [0, 0.05) is 12.0 Å². The van der Waals surface area contributed by atoms with Gasteiger partial charge >= 0.3 is 0 Å². The van der Waals surface area contributed by atoms with E-state index >= 15 is 0 Å². The fraction of sp³-hybridized carbons (Fsp3) is 0.875. The first-order chi connectivity index (χ1) is 10.7. The summed E-state index contributed by atoms with van der Waals surface area (Å²) in [4.78, 5) is 23.8. The fourth-order valence-electron chi connectivity index (χ4n) is 3.14. The number of ether oxygens (including phenoxy) is 1. The second kappa shape index (κ2) is 6.96. The van der Waals surface area contributed by atoms with Crippen molar-refractivity contribution >= 4 is 11.8 Å². The van der Waals surface area contributed by atoms with E-state index in [1.165, 1.54) is 6.42 Å². The van der Waals surface area contributed by atoms with Crippen molar-refractivity contribution in [2.75, 3.05) is 6.61 Å². The molecular weight excluding hydrogens is 284 g/mol.